The summed E-state index contributed by atoms with van der Waals surface area (Å²) in [5.41, 5.74) is 1.33. The summed E-state index contributed by atoms with van der Waals surface area (Å²) in [6.45, 7) is 0. The maximum absolute atomic E-state index is 3.46. The number of hydrogen-bond donors (Lipinski definition) is 0. The molecule has 0 bridgehead atoms. The highest BCUT2D eigenvalue weighted by Crippen LogP contribution is 2.23. The fourth-order valence-corrected chi connectivity index (χ4v) is 2.60. The average molecular weight is 376 g/mol. The molecule has 1 aromatic rings. The summed E-state index contributed by atoms with van der Waals surface area (Å²) in [5.74, 6) is 0. The molecule has 0 heterocycles. The molecule has 0 fully saturated rings. The molecule has 0 saturated carbocycles. The molecule has 0 aliphatic rings. The molecule has 3 heteroatoms. The third kappa shape index (κ3) is 1.95. The van der Waals surface area contributed by atoms with Gasteiger partial charge in [-0.15, -0.1) is 0 Å². The van der Waals surface area contributed by atoms with E-state index in [1.54, 1.807) is 0 Å². The van der Waals surface area contributed by atoms with E-state index in [-0.39, 0.29) is 0 Å². The quantitative estimate of drug-likeness (QED) is 0.515. The van der Waals surface area contributed by atoms with E-state index in [0.29, 0.717) is 0 Å². The molecule has 0 amide bonds. The Balaban J connectivity index is 3.14. The van der Waals surface area contributed by atoms with Crippen LogP contribution in [0.5, 0.6) is 0 Å². The lowest BCUT2D eigenvalue weighted by atomic mass is 10.2. The molecule has 0 atom stereocenters. The molecule has 0 aliphatic carbocycles. The molecular weight excluding hydrogens is 371 g/mol. The zero-order valence-electron chi connectivity index (χ0n) is 5.07. The van der Waals surface area contributed by atoms with Crippen molar-refractivity contribution in [2.75, 3.05) is 0 Å². The van der Waals surface area contributed by atoms with Gasteiger partial charge >= 0.3 is 0 Å². The maximum atomic E-state index is 3.46. The van der Waals surface area contributed by atoms with Crippen molar-refractivity contribution < 1.29 is 0 Å². The third-order valence-electron chi connectivity index (χ3n) is 1.18. The molecule has 1 aromatic carbocycles. The summed E-state index contributed by atoms with van der Waals surface area (Å²) in [7, 11) is 0. The highest BCUT2D eigenvalue weighted by molar-refractivity contribution is 14.1. The fraction of sp³-hybridized carbons (Fsp3) is 0.143. The van der Waals surface area contributed by atoms with Crippen molar-refractivity contribution >= 4 is 54.5 Å². The zero-order valence-corrected chi connectivity index (χ0v) is 10.4. The largest absolute Gasteiger partial charge is 0.0876 e. The van der Waals surface area contributed by atoms with Crippen molar-refractivity contribution in [3.05, 3.63) is 31.8 Å². The Hall–Kier alpha value is 0.910. The summed E-state index contributed by atoms with van der Waals surface area (Å²) in [4.78, 5) is 0. The van der Waals surface area contributed by atoms with Gasteiger partial charge in [-0.2, -0.15) is 0 Å². The first-order valence-corrected chi connectivity index (χ1v) is 5.74. The van der Waals surface area contributed by atoms with Gasteiger partial charge < -0.3 is 0 Å². The Morgan fingerprint density at radius 1 is 1.40 bits per heavy atom. The van der Waals surface area contributed by atoms with Gasteiger partial charge in [0.15, 0.2) is 0 Å². The normalized spacial score (nSPS) is 9.90. The topological polar surface area (TPSA) is 0 Å². The van der Waals surface area contributed by atoms with E-state index in [1.807, 2.05) is 12.1 Å². The van der Waals surface area contributed by atoms with Gasteiger partial charge in [0.2, 0.25) is 0 Å². The van der Waals surface area contributed by atoms with Crippen LogP contribution in [0.4, 0.5) is 0 Å². The summed E-state index contributed by atoms with van der Waals surface area (Å²) in [5, 5.41) is 0.921. The predicted octanol–water partition coefficient (Wildman–Crippen LogP) is 3.95. The van der Waals surface area contributed by atoms with Gasteiger partial charge in [-0.05, 0) is 50.2 Å². The minimum atomic E-state index is 0.921. The van der Waals surface area contributed by atoms with Crippen LogP contribution in [-0.2, 0) is 5.33 Å². The van der Waals surface area contributed by atoms with Gasteiger partial charge in [-0.3, -0.25) is 0 Å². The number of alkyl halides is 1. The molecule has 10 heavy (non-hydrogen) atoms. The second-order valence-corrected chi connectivity index (χ2v) is 4.34. The number of rotatable bonds is 1. The van der Waals surface area contributed by atoms with E-state index in [1.165, 1.54) is 13.6 Å². The van der Waals surface area contributed by atoms with E-state index >= 15 is 0 Å². The first-order chi connectivity index (χ1) is 4.75. The van der Waals surface area contributed by atoms with Crippen LogP contribution in [0.2, 0.25) is 0 Å². The Kier molecular flexibility index (Phi) is 3.66. The van der Waals surface area contributed by atoms with Crippen LogP contribution in [0.25, 0.3) is 0 Å². The van der Waals surface area contributed by atoms with Crippen molar-refractivity contribution in [1.82, 2.24) is 0 Å². The highest BCUT2D eigenvalue weighted by Gasteiger charge is 1.99. The van der Waals surface area contributed by atoms with Crippen molar-refractivity contribution in [2.45, 2.75) is 5.33 Å². The van der Waals surface area contributed by atoms with E-state index in [0.717, 1.165) is 5.33 Å². The summed E-state index contributed by atoms with van der Waals surface area (Å²) < 4.78 is 2.46. The van der Waals surface area contributed by atoms with Gasteiger partial charge in [-0.25, -0.2) is 0 Å². The van der Waals surface area contributed by atoms with E-state index in [9.17, 15) is 0 Å². The summed E-state index contributed by atoms with van der Waals surface area (Å²) in [6, 6.07) is 6.21. The molecule has 0 aliphatic heterocycles. The first-order valence-electron chi connectivity index (χ1n) is 2.74. The molecule has 54 valence electrons. The standard InChI is InChI=1S/C7H5Br2I/c8-4-5-2-1-3-6(9)7(5)10/h1-3H,4H2. The van der Waals surface area contributed by atoms with Gasteiger partial charge in [0.05, 0.1) is 0 Å². The lowest BCUT2D eigenvalue weighted by molar-refractivity contribution is 1.38. The SMILES string of the molecule is BrCc1cccc(Br)c1I. The second kappa shape index (κ2) is 4.07. The lowest BCUT2D eigenvalue weighted by Crippen LogP contribution is -1.83. The van der Waals surface area contributed by atoms with Crippen molar-refractivity contribution in [3.8, 4) is 0 Å². The molecule has 1 rings (SSSR count). The number of halogens is 3. The van der Waals surface area contributed by atoms with Crippen LogP contribution in [0.1, 0.15) is 5.56 Å². The Bertz CT molecular complexity index is 235. The molecular formula is C7H5Br2I. The maximum Gasteiger partial charge on any atom is 0.0313 e. The summed E-state index contributed by atoms with van der Waals surface area (Å²) in [6.07, 6.45) is 0. The minimum Gasteiger partial charge on any atom is -0.0876 e. The van der Waals surface area contributed by atoms with Gasteiger partial charge in [0.25, 0.3) is 0 Å². The smallest absolute Gasteiger partial charge is 0.0313 e. The Labute approximate surface area is 90.8 Å². The average Bonchev–Trinajstić information content (AvgIpc) is 1.95. The van der Waals surface area contributed by atoms with Crippen LogP contribution in [0, 0.1) is 3.57 Å². The van der Waals surface area contributed by atoms with Gasteiger partial charge in [0.1, 0.15) is 0 Å². The Morgan fingerprint density at radius 2 is 2.10 bits per heavy atom. The minimum absolute atomic E-state index is 0.921. The second-order valence-electron chi connectivity index (χ2n) is 1.85. The zero-order chi connectivity index (χ0) is 7.56. The molecule has 0 N–H and O–H groups in total. The number of hydrogen-bond acceptors (Lipinski definition) is 0. The number of benzene rings is 1. The fourth-order valence-electron chi connectivity index (χ4n) is 0.652. The van der Waals surface area contributed by atoms with Crippen LogP contribution in [0.15, 0.2) is 22.7 Å². The van der Waals surface area contributed by atoms with Crippen LogP contribution in [-0.4, -0.2) is 0 Å². The predicted molar refractivity (Wildman–Crippen MR) is 59.5 cm³/mol. The van der Waals surface area contributed by atoms with Gasteiger partial charge in [0, 0.05) is 13.4 Å². The lowest BCUT2D eigenvalue weighted by Gasteiger charge is -2.00. The molecule has 0 nitrogen and oxygen atoms in total. The van der Waals surface area contributed by atoms with Crippen LogP contribution in [0.3, 0.4) is 0 Å². The molecule has 0 spiro atoms. The summed E-state index contributed by atoms with van der Waals surface area (Å²) >= 11 is 9.20. The van der Waals surface area contributed by atoms with Crippen LogP contribution >= 0.6 is 54.5 Å². The molecule has 0 unspecified atom stereocenters. The van der Waals surface area contributed by atoms with E-state index in [4.69, 9.17) is 0 Å². The van der Waals surface area contributed by atoms with E-state index < -0.39 is 0 Å². The van der Waals surface area contributed by atoms with Crippen molar-refractivity contribution in [2.24, 2.45) is 0 Å². The van der Waals surface area contributed by atoms with Gasteiger partial charge in [-0.1, -0.05) is 28.1 Å². The van der Waals surface area contributed by atoms with Crippen molar-refractivity contribution in [1.29, 1.82) is 0 Å². The van der Waals surface area contributed by atoms with E-state index in [2.05, 4.69) is 60.5 Å². The molecule has 0 radical (unpaired) electrons. The first kappa shape index (κ1) is 9.00. The van der Waals surface area contributed by atoms with Crippen molar-refractivity contribution in [3.63, 3.8) is 0 Å². The molecule has 0 saturated heterocycles. The highest BCUT2D eigenvalue weighted by atomic mass is 127. The molecule has 0 aromatic heterocycles. The Morgan fingerprint density at radius 3 is 2.60 bits per heavy atom. The van der Waals surface area contributed by atoms with Crippen LogP contribution < -0.4 is 0 Å². The monoisotopic (exact) mass is 374 g/mol. The third-order valence-corrected chi connectivity index (χ3v) is 4.46.